The molecule has 1 aromatic heterocycles. The van der Waals surface area contributed by atoms with Gasteiger partial charge in [-0.25, -0.2) is 9.37 Å². The zero-order valence-corrected chi connectivity index (χ0v) is 10.2. The standard InChI is InChI=1S/C14H13FN2O2/c15-13-5-9(11-6-12(11)14(18)19)1-2-10(13)7-17-4-3-16-8-17/h1-5,8,11-12H,6-7H2,(H,18,19)/t11-,12+/m1/s1. The summed E-state index contributed by atoms with van der Waals surface area (Å²) in [5.74, 6) is -1.47. The van der Waals surface area contributed by atoms with Crippen LogP contribution in [0.2, 0.25) is 0 Å². The Kier molecular flexibility index (Phi) is 2.81. The first-order chi connectivity index (χ1) is 9.15. The lowest BCUT2D eigenvalue weighted by Crippen LogP contribution is -2.02. The highest BCUT2D eigenvalue weighted by Gasteiger charge is 2.44. The van der Waals surface area contributed by atoms with Crippen LogP contribution < -0.4 is 0 Å². The van der Waals surface area contributed by atoms with Crippen molar-refractivity contribution in [2.75, 3.05) is 0 Å². The van der Waals surface area contributed by atoms with E-state index in [9.17, 15) is 9.18 Å². The second-order valence-corrected chi connectivity index (χ2v) is 4.87. The Morgan fingerprint density at radius 3 is 2.95 bits per heavy atom. The molecule has 0 saturated heterocycles. The number of benzene rings is 1. The quantitative estimate of drug-likeness (QED) is 0.917. The second-order valence-electron chi connectivity index (χ2n) is 4.87. The van der Waals surface area contributed by atoms with Crippen LogP contribution in [-0.2, 0) is 11.3 Å². The molecule has 1 aliphatic carbocycles. The van der Waals surface area contributed by atoms with E-state index in [2.05, 4.69) is 4.98 Å². The van der Waals surface area contributed by atoms with Gasteiger partial charge in [-0.05, 0) is 24.0 Å². The minimum atomic E-state index is -0.798. The maximum atomic E-state index is 14.0. The summed E-state index contributed by atoms with van der Waals surface area (Å²) in [5.41, 5.74) is 1.36. The largest absolute Gasteiger partial charge is 0.481 e. The molecule has 0 unspecified atom stereocenters. The van der Waals surface area contributed by atoms with Crippen LogP contribution in [0.4, 0.5) is 4.39 Å². The number of aliphatic carboxylic acids is 1. The number of carboxylic acids is 1. The van der Waals surface area contributed by atoms with Crippen molar-refractivity contribution >= 4 is 5.97 Å². The number of rotatable bonds is 4. The summed E-state index contributed by atoms with van der Waals surface area (Å²) in [6.07, 6.45) is 5.66. The lowest BCUT2D eigenvalue weighted by atomic mass is 10.1. The summed E-state index contributed by atoms with van der Waals surface area (Å²) in [4.78, 5) is 14.7. The molecule has 1 saturated carbocycles. The molecule has 98 valence electrons. The SMILES string of the molecule is O=C(O)[C@H]1C[C@@H]1c1ccc(Cn2ccnc2)c(F)c1. The first-order valence-electron chi connectivity index (χ1n) is 6.12. The van der Waals surface area contributed by atoms with E-state index in [0.29, 0.717) is 18.5 Å². The van der Waals surface area contributed by atoms with E-state index < -0.39 is 5.97 Å². The van der Waals surface area contributed by atoms with Gasteiger partial charge in [-0.15, -0.1) is 0 Å². The number of imidazole rings is 1. The monoisotopic (exact) mass is 260 g/mol. The van der Waals surface area contributed by atoms with Crippen LogP contribution in [0.5, 0.6) is 0 Å². The summed E-state index contributed by atoms with van der Waals surface area (Å²) in [7, 11) is 0. The average molecular weight is 260 g/mol. The van der Waals surface area contributed by atoms with Crippen LogP contribution in [0, 0.1) is 11.7 Å². The van der Waals surface area contributed by atoms with Gasteiger partial charge in [-0.3, -0.25) is 4.79 Å². The van der Waals surface area contributed by atoms with Gasteiger partial charge in [0, 0.05) is 18.0 Å². The maximum absolute atomic E-state index is 14.0. The lowest BCUT2D eigenvalue weighted by molar-refractivity contribution is -0.138. The summed E-state index contributed by atoms with van der Waals surface area (Å²) in [5, 5.41) is 8.88. The van der Waals surface area contributed by atoms with Gasteiger partial charge in [0.15, 0.2) is 0 Å². The van der Waals surface area contributed by atoms with Crippen LogP contribution in [0.3, 0.4) is 0 Å². The van der Waals surface area contributed by atoms with Crippen molar-refractivity contribution in [2.24, 2.45) is 5.92 Å². The Morgan fingerprint density at radius 1 is 1.53 bits per heavy atom. The van der Waals surface area contributed by atoms with E-state index in [-0.39, 0.29) is 17.7 Å². The number of halogens is 1. The molecule has 19 heavy (non-hydrogen) atoms. The van der Waals surface area contributed by atoms with Crippen molar-refractivity contribution in [3.8, 4) is 0 Å². The predicted octanol–water partition coefficient (Wildman–Crippen LogP) is 2.26. The Morgan fingerprint density at radius 2 is 2.37 bits per heavy atom. The molecule has 3 rings (SSSR count). The first kappa shape index (κ1) is 11.9. The minimum absolute atomic E-state index is 0.0331. The molecular weight excluding hydrogens is 247 g/mol. The van der Waals surface area contributed by atoms with Crippen LogP contribution in [0.15, 0.2) is 36.9 Å². The molecule has 2 aromatic rings. The van der Waals surface area contributed by atoms with Crippen LogP contribution in [-0.4, -0.2) is 20.6 Å². The molecule has 1 heterocycles. The fraction of sp³-hybridized carbons (Fsp3) is 0.286. The van der Waals surface area contributed by atoms with Crippen LogP contribution >= 0.6 is 0 Å². The van der Waals surface area contributed by atoms with Crippen molar-refractivity contribution in [3.63, 3.8) is 0 Å². The molecule has 0 radical (unpaired) electrons. The summed E-state index contributed by atoms with van der Waals surface area (Å²) < 4.78 is 15.8. The van der Waals surface area contributed by atoms with E-state index >= 15 is 0 Å². The van der Waals surface area contributed by atoms with Crippen molar-refractivity contribution < 1.29 is 14.3 Å². The van der Waals surface area contributed by atoms with E-state index in [1.165, 1.54) is 6.07 Å². The number of hydrogen-bond acceptors (Lipinski definition) is 2. The molecule has 2 atom stereocenters. The van der Waals surface area contributed by atoms with E-state index in [1.807, 2.05) is 6.07 Å². The average Bonchev–Trinajstić information content (AvgIpc) is 3.03. The Bertz CT molecular complexity index is 610. The molecule has 1 aromatic carbocycles. The second kappa shape index (κ2) is 4.50. The highest BCUT2D eigenvalue weighted by molar-refractivity contribution is 5.75. The van der Waals surface area contributed by atoms with E-state index in [1.54, 1.807) is 29.4 Å². The molecular formula is C14H13FN2O2. The van der Waals surface area contributed by atoms with E-state index in [0.717, 1.165) is 5.56 Å². The van der Waals surface area contributed by atoms with Gasteiger partial charge in [-0.1, -0.05) is 12.1 Å². The Hall–Kier alpha value is -2.17. The Labute approximate surface area is 109 Å². The predicted molar refractivity (Wildman–Crippen MR) is 66.2 cm³/mol. The third-order valence-corrected chi connectivity index (χ3v) is 3.53. The van der Waals surface area contributed by atoms with Crippen molar-refractivity contribution in [2.45, 2.75) is 18.9 Å². The van der Waals surface area contributed by atoms with Gasteiger partial charge in [-0.2, -0.15) is 0 Å². The fourth-order valence-electron chi connectivity index (χ4n) is 2.34. The number of aromatic nitrogens is 2. The van der Waals surface area contributed by atoms with Crippen molar-refractivity contribution in [1.29, 1.82) is 0 Å². The van der Waals surface area contributed by atoms with Crippen molar-refractivity contribution in [1.82, 2.24) is 9.55 Å². The zero-order valence-electron chi connectivity index (χ0n) is 10.2. The smallest absolute Gasteiger partial charge is 0.307 e. The molecule has 0 bridgehead atoms. The highest BCUT2D eigenvalue weighted by atomic mass is 19.1. The molecule has 0 amide bonds. The summed E-state index contributed by atoms with van der Waals surface area (Å²) in [6, 6.07) is 5.00. The molecule has 0 spiro atoms. The zero-order chi connectivity index (χ0) is 13.4. The minimum Gasteiger partial charge on any atom is -0.481 e. The van der Waals surface area contributed by atoms with Gasteiger partial charge in [0.1, 0.15) is 5.82 Å². The summed E-state index contributed by atoms with van der Waals surface area (Å²) in [6.45, 7) is 0.430. The van der Waals surface area contributed by atoms with Crippen LogP contribution in [0.25, 0.3) is 0 Å². The molecule has 1 fully saturated rings. The van der Waals surface area contributed by atoms with Gasteiger partial charge in [0.25, 0.3) is 0 Å². The first-order valence-corrected chi connectivity index (χ1v) is 6.12. The fourth-order valence-corrected chi connectivity index (χ4v) is 2.34. The number of carboxylic acid groups (broad SMARTS) is 1. The van der Waals surface area contributed by atoms with Gasteiger partial charge in [0.2, 0.25) is 0 Å². The topological polar surface area (TPSA) is 55.1 Å². The number of hydrogen-bond donors (Lipinski definition) is 1. The molecule has 0 aliphatic heterocycles. The third-order valence-electron chi connectivity index (χ3n) is 3.53. The lowest BCUT2D eigenvalue weighted by Gasteiger charge is -2.06. The normalized spacial score (nSPS) is 21.3. The summed E-state index contributed by atoms with van der Waals surface area (Å²) >= 11 is 0. The molecule has 1 N–H and O–H groups in total. The Balaban J connectivity index is 1.77. The van der Waals surface area contributed by atoms with Crippen molar-refractivity contribution in [3.05, 3.63) is 53.9 Å². The maximum Gasteiger partial charge on any atom is 0.307 e. The highest BCUT2D eigenvalue weighted by Crippen LogP contribution is 2.47. The van der Waals surface area contributed by atoms with E-state index in [4.69, 9.17) is 5.11 Å². The van der Waals surface area contributed by atoms with Gasteiger partial charge < -0.3 is 9.67 Å². The number of nitrogens with zero attached hydrogens (tertiary/aromatic N) is 2. The molecule has 1 aliphatic rings. The van der Waals surface area contributed by atoms with Gasteiger partial charge >= 0.3 is 5.97 Å². The number of carbonyl (C=O) groups is 1. The van der Waals surface area contributed by atoms with Gasteiger partial charge in [0.05, 0.1) is 18.8 Å². The molecule has 5 heteroatoms. The van der Waals surface area contributed by atoms with Crippen LogP contribution in [0.1, 0.15) is 23.5 Å². The third kappa shape index (κ3) is 2.36. The molecule has 4 nitrogen and oxygen atoms in total.